The molecule has 0 aromatic carbocycles. The molecule has 8 nitrogen and oxygen atoms in total. The predicted molar refractivity (Wildman–Crippen MR) is 106 cm³/mol. The van der Waals surface area contributed by atoms with Crippen LogP contribution in [-0.2, 0) is 30.4 Å². The zero-order chi connectivity index (χ0) is 19.8. The number of hydrogen-bond acceptors (Lipinski definition) is 8. The van der Waals surface area contributed by atoms with Crippen molar-refractivity contribution in [3.63, 3.8) is 0 Å². The Labute approximate surface area is 173 Å². The van der Waals surface area contributed by atoms with Crippen molar-refractivity contribution in [1.82, 2.24) is 29.6 Å². The number of rotatable bonds is 4. The normalized spacial score (nSPS) is 18.8. The van der Waals surface area contributed by atoms with Gasteiger partial charge in [-0.15, -0.1) is 10.2 Å². The van der Waals surface area contributed by atoms with Crippen LogP contribution in [0.2, 0.25) is 0 Å². The lowest BCUT2D eigenvalue weighted by Crippen LogP contribution is -2.47. The largest absolute Gasteiger partial charge is 0.453 e. The van der Waals surface area contributed by atoms with Crippen LogP contribution in [0, 0.1) is 6.92 Å². The SMILES string of the molecule is Cc1ncc2c(n1)C1(CCN(Cc3ccc(Sc4nncn4C)o3)CC1)OCC2. The number of furan rings is 1. The highest BCUT2D eigenvalue weighted by atomic mass is 32.2. The minimum Gasteiger partial charge on any atom is -0.453 e. The number of ether oxygens (including phenoxy) is 1. The van der Waals surface area contributed by atoms with E-state index >= 15 is 0 Å². The van der Waals surface area contributed by atoms with E-state index < -0.39 is 0 Å². The highest BCUT2D eigenvalue weighted by Crippen LogP contribution is 2.40. The zero-order valence-electron chi connectivity index (χ0n) is 16.7. The van der Waals surface area contributed by atoms with Crippen LogP contribution in [0.5, 0.6) is 0 Å². The quantitative estimate of drug-likeness (QED) is 0.647. The third kappa shape index (κ3) is 3.70. The van der Waals surface area contributed by atoms with E-state index in [9.17, 15) is 0 Å². The fourth-order valence-corrected chi connectivity index (χ4v) is 4.87. The number of nitrogens with zero attached hydrogens (tertiary/aromatic N) is 6. The number of aromatic nitrogens is 5. The number of fused-ring (bicyclic) bond motifs is 2. The number of hydrogen-bond donors (Lipinski definition) is 0. The van der Waals surface area contributed by atoms with E-state index in [1.165, 1.54) is 17.3 Å². The van der Waals surface area contributed by atoms with Crippen LogP contribution in [0.1, 0.15) is 35.7 Å². The first kappa shape index (κ1) is 18.8. The van der Waals surface area contributed by atoms with E-state index in [2.05, 4.69) is 20.1 Å². The molecule has 0 radical (unpaired) electrons. The number of likely N-dealkylation sites (tertiary alicyclic amines) is 1. The van der Waals surface area contributed by atoms with Gasteiger partial charge in [-0.3, -0.25) is 4.90 Å². The Bertz CT molecular complexity index is 1010. The fraction of sp³-hybridized carbons (Fsp3) is 0.500. The summed E-state index contributed by atoms with van der Waals surface area (Å²) in [7, 11) is 1.92. The number of piperidine rings is 1. The van der Waals surface area contributed by atoms with Crippen LogP contribution < -0.4 is 0 Å². The highest BCUT2D eigenvalue weighted by Gasteiger charge is 2.42. The van der Waals surface area contributed by atoms with Crippen LogP contribution in [0.15, 0.2) is 39.3 Å². The van der Waals surface area contributed by atoms with Crippen molar-refractivity contribution in [3.05, 3.63) is 47.5 Å². The average Bonchev–Trinajstić information content (AvgIpc) is 3.34. The molecule has 29 heavy (non-hydrogen) atoms. The van der Waals surface area contributed by atoms with E-state index in [1.807, 2.05) is 36.9 Å². The molecule has 1 saturated heterocycles. The second-order valence-corrected chi connectivity index (χ2v) is 8.68. The van der Waals surface area contributed by atoms with Crippen LogP contribution in [0.25, 0.3) is 0 Å². The second-order valence-electron chi connectivity index (χ2n) is 7.71. The summed E-state index contributed by atoms with van der Waals surface area (Å²) in [6.45, 7) is 5.40. The third-order valence-electron chi connectivity index (χ3n) is 5.71. The molecule has 1 fully saturated rings. The molecule has 2 aliphatic rings. The van der Waals surface area contributed by atoms with Gasteiger partial charge in [0.05, 0.1) is 18.8 Å². The molecule has 0 bridgehead atoms. The summed E-state index contributed by atoms with van der Waals surface area (Å²) in [4.78, 5) is 11.6. The summed E-state index contributed by atoms with van der Waals surface area (Å²) in [6, 6.07) is 4.05. The maximum Gasteiger partial charge on any atom is 0.198 e. The first-order valence-electron chi connectivity index (χ1n) is 9.91. The van der Waals surface area contributed by atoms with Gasteiger partial charge in [0, 0.05) is 26.3 Å². The molecular formula is C20H24N6O2S. The maximum atomic E-state index is 6.30. The van der Waals surface area contributed by atoms with Gasteiger partial charge in [-0.2, -0.15) is 0 Å². The van der Waals surface area contributed by atoms with E-state index in [4.69, 9.17) is 14.1 Å². The Kier molecular flexibility index (Phi) is 4.89. The summed E-state index contributed by atoms with van der Waals surface area (Å²) in [5.74, 6) is 1.79. The van der Waals surface area contributed by atoms with Crippen LogP contribution in [-0.4, -0.2) is 49.3 Å². The van der Waals surface area contributed by atoms with Gasteiger partial charge in [0.25, 0.3) is 0 Å². The lowest BCUT2D eigenvalue weighted by atomic mass is 9.83. The van der Waals surface area contributed by atoms with Crippen molar-refractivity contribution in [1.29, 1.82) is 0 Å². The molecule has 5 heterocycles. The van der Waals surface area contributed by atoms with Crippen molar-refractivity contribution >= 4 is 11.8 Å². The Morgan fingerprint density at radius 2 is 2.10 bits per heavy atom. The predicted octanol–water partition coefficient (Wildman–Crippen LogP) is 2.72. The van der Waals surface area contributed by atoms with Gasteiger partial charge in [-0.25, -0.2) is 9.97 Å². The third-order valence-corrected chi connectivity index (χ3v) is 6.68. The summed E-state index contributed by atoms with van der Waals surface area (Å²) in [5.41, 5.74) is 2.09. The van der Waals surface area contributed by atoms with E-state index in [-0.39, 0.29) is 5.60 Å². The van der Waals surface area contributed by atoms with Crippen LogP contribution >= 0.6 is 11.8 Å². The van der Waals surface area contributed by atoms with Gasteiger partial charge in [0.2, 0.25) is 0 Å². The standard InChI is InChI=1S/C20H24N6O2S/c1-14-21-11-15-5-10-27-20(18(15)23-14)6-8-26(9-7-20)12-16-3-4-17(28-16)29-19-24-22-13-25(19)2/h3-4,11,13H,5-10,12H2,1-2H3. The summed E-state index contributed by atoms with van der Waals surface area (Å²) in [6.07, 6.45) is 6.45. The van der Waals surface area contributed by atoms with Crippen molar-refractivity contribution in [2.45, 2.75) is 48.6 Å². The highest BCUT2D eigenvalue weighted by molar-refractivity contribution is 7.99. The molecule has 0 aliphatic carbocycles. The summed E-state index contributed by atoms with van der Waals surface area (Å²) < 4.78 is 14.2. The van der Waals surface area contributed by atoms with Crippen molar-refractivity contribution < 1.29 is 9.15 Å². The minimum absolute atomic E-state index is 0.257. The first-order valence-corrected chi connectivity index (χ1v) is 10.7. The van der Waals surface area contributed by atoms with Gasteiger partial charge in [0.15, 0.2) is 10.2 Å². The van der Waals surface area contributed by atoms with Gasteiger partial charge in [0.1, 0.15) is 23.5 Å². The zero-order valence-corrected chi connectivity index (χ0v) is 17.5. The molecule has 0 amide bonds. The van der Waals surface area contributed by atoms with Gasteiger partial charge in [-0.05, 0) is 55.6 Å². The molecule has 1 spiro atoms. The molecule has 152 valence electrons. The lowest BCUT2D eigenvalue weighted by Gasteiger charge is -2.43. The molecule has 0 atom stereocenters. The molecular weight excluding hydrogens is 388 g/mol. The monoisotopic (exact) mass is 412 g/mol. The molecule has 3 aromatic heterocycles. The molecule has 0 N–H and O–H groups in total. The van der Waals surface area contributed by atoms with E-state index in [0.717, 1.165) is 73.0 Å². The Balaban J connectivity index is 1.23. The summed E-state index contributed by atoms with van der Waals surface area (Å²) in [5, 5.41) is 9.64. The van der Waals surface area contributed by atoms with Gasteiger partial charge in [-0.1, -0.05) is 0 Å². The van der Waals surface area contributed by atoms with Crippen LogP contribution in [0.4, 0.5) is 0 Å². The summed E-state index contributed by atoms with van der Waals surface area (Å²) >= 11 is 1.48. The maximum absolute atomic E-state index is 6.30. The van der Waals surface area contributed by atoms with Crippen molar-refractivity contribution in [3.8, 4) is 0 Å². The van der Waals surface area contributed by atoms with Gasteiger partial charge >= 0.3 is 0 Å². The van der Waals surface area contributed by atoms with E-state index in [0.29, 0.717) is 0 Å². The molecule has 2 aliphatic heterocycles. The Morgan fingerprint density at radius 3 is 2.90 bits per heavy atom. The second kappa shape index (κ2) is 7.55. The van der Waals surface area contributed by atoms with Crippen LogP contribution in [0.3, 0.4) is 0 Å². The minimum atomic E-state index is -0.257. The lowest BCUT2D eigenvalue weighted by molar-refractivity contribution is -0.103. The van der Waals surface area contributed by atoms with Crippen molar-refractivity contribution in [2.75, 3.05) is 19.7 Å². The Hall–Kier alpha value is -2.23. The molecule has 5 rings (SSSR count). The molecule has 0 saturated carbocycles. The number of aryl methyl sites for hydroxylation is 2. The smallest absolute Gasteiger partial charge is 0.198 e. The molecule has 9 heteroatoms. The first-order chi connectivity index (χ1) is 14.1. The molecule has 0 unspecified atom stereocenters. The van der Waals surface area contributed by atoms with Crippen molar-refractivity contribution in [2.24, 2.45) is 7.05 Å². The average molecular weight is 413 g/mol. The topological polar surface area (TPSA) is 82.1 Å². The van der Waals surface area contributed by atoms with Gasteiger partial charge < -0.3 is 13.7 Å². The Morgan fingerprint density at radius 1 is 1.24 bits per heavy atom. The molecule has 3 aromatic rings. The fourth-order valence-electron chi connectivity index (χ4n) is 4.12. The van der Waals surface area contributed by atoms with E-state index in [1.54, 1.807) is 6.33 Å².